The summed E-state index contributed by atoms with van der Waals surface area (Å²) >= 11 is 0. The third-order valence-corrected chi connectivity index (χ3v) is 3.34. The first-order valence-corrected chi connectivity index (χ1v) is 5.07. The fraction of sp³-hybridized carbons (Fsp3) is 0.417. The minimum Gasteiger partial charge on any atom is -0.330 e. The number of aldehydes is 1. The molecular formula is C12H14FNO. The Labute approximate surface area is 88.3 Å². The molecule has 0 aromatic heterocycles. The lowest BCUT2D eigenvalue weighted by atomic mass is 9.93. The minimum absolute atomic E-state index is 0.103. The molecule has 1 aromatic carbocycles. The summed E-state index contributed by atoms with van der Waals surface area (Å²) in [5.74, 6) is -0.160. The van der Waals surface area contributed by atoms with Crippen LogP contribution in [0.2, 0.25) is 0 Å². The quantitative estimate of drug-likeness (QED) is 0.764. The molecule has 2 rings (SSSR count). The Kier molecular flexibility index (Phi) is 2.35. The van der Waals surface area contributed by atoms with Gasteiger partial charge >= 0.3 is 0 Å². The van der Waals surface area contributed by atoms with Crippen molar-refractivity contribution in [3.05, 3.63) is 35.1 Å². The summed E-state index contributed by atoms with van der Waals surface area (Å²) in [6.07, 6.45) is 1.52. The van der Waals surface area contributed by atoms with E-state index in [0.29, 0.717) is 24.1 Å². The van der Waals surface area contributed by atoms with Crippen molar-refractivity contribution in [3.63, 3.8) is 0 Å². The monoisotopic (exact) mass is 207 g/mol. The molecule has 3 heteroatoms. The SMILES string of the molecule is Cc1cccc(C2(C=O)CC2CN)c1F. The van der Waals surface area contributed by atoms with Crippen LogP contribution in [0.15, 0.2) is 18.2 Å². The summed E-state index contributed by atoms with van der Waals surface area (Å²) in [5, 5.41) is 0. The number of nitrogens with two attached hydrogens (primary N) is 1. The molecule has 1 aliphatic rings. The van der Waals surface area contributed by atoms with Gasteiger partial charge in [-0.15, -0.1) is 0 Å². The third kappa shape index (κ3) is 1.38. The summed E-state index contributed by atoms with van der Waals surface area (Å²) in [7, 11) is 0. The van der Waals surface area contributed by atoms with Crippen LogP contribution in [0.4, 0.5) is 4.39 Å². The maximum absolute atomic E-state index is 13.8. The first-order valence-electron chi connectivity index (χ1n) is 5.07. The molecule has 0 heterocycles. The second-order valence-corrected chi connectivity index (χ2v) is 4.23. The fourth-order valence-electron chi connectivity index (χ4n) is 2.19. The lowest BCUT2D eigenvalue weighted by Gasteiger charge is -2.12. The molecule has 1 aliphatic carbocycles. The Balaban J connectivity index is 2.46. The molecule has 0 bridgehead atoms. The van der Waals surface area contributed by atoms with E-state index in [0.717, 1.165) is 6.29 Å². The Hall–Kier alpha value is -1.22. The van der Waals surface area contributed by atoms with E-state index >= 15 is 0 Å². The molecule has 0 saturated heterocycles. The molecule has 15 heavy (non-hydrogen) atoms. The van der Waals surface area contributed by atoms with E-state index in [9.17, 15) is 9.18 Å². The predicted octanol–water partition coefficient (Wildman–Crippen LogP) is 1.55. The van der Waals surface area contributed by atoms with Crippen molar-refractivity contribution in [1.29, 1.82) is 0 Å². The molecule has 0 radical (unpaired) electrons. The molecule has 0 amide bonds. The number of hydrogen-bond donors (Lipinski definition) is 1. The van der Waals surface area contributed by atoms with Crippen molar-refractivity contribution in [3.8, 4) is 0 Å². The Bertz CT molecular complexity index is 405. The third-order valence-electron chi connectivity index (χ3n) is 3.34. The van der Waals surface area contributed by atoms with E-state index in [1.54, 1.807) is 25.1 Å². The van der Waals surface area contributed by atoms with E-state index in [-0.39, 0.29) is 11.7 Å². The Morgan fingerprint density at radius 3 is 2.93 bits per heavy atom. The molecule has 2 nitrogen and oxygen atoms in total. The maximum atomic E-state index is 13.8. The summed E-state index contributed by atoms with van der Waals surface area (Å²) in [4.78, 5) is 11.1. The van der Waals surface area contributed by atoms with Crippen LogP contribution in [0.1, 0.15) is 17.5 Å². The molecule has 0 spiro atoms. The number of halogens is 1. The van der Waals surface area contributed by atoms with E-state index in [1.165, 1.54) is 0 Å². The zero-order chi connectivity index (χ0) is 11.1. The van der Waals surface area contributed by atoms with Crippen LogP contribution in [0.25, 0.3) is 0 Å². The number of rotatable bonds is 3. The lowest BCUT2D eigenvalue weighted by Crippen LogP contribution is -2.18. The van der Waals surface area contributed by atoms with E-state index in [2.05, 4.69) is 0 Å². The van der Waals surface area contributed by atoms with Crippen LogP contribution < -0.4 is 5.73 Å². The van der Waals surface area contributed by atoms with E-state index < -0.39 is 5.41 Å². The molecule has 80 valence electrons. The summed E-state index contributed by atoms with van der Waals surface area (Å²) in [6, 6.07) is 5.18. The van der Waals surface area contributed by atoms with Crippen LogP contribution in [0.3, 0.4) is 0 Å². The standard InChI is InChI=1S/C12H14FNO/c1-8-3-2-4-10(11(8)13)12(7-15)5-9(12)6-14/h2-4,7,9H,5-6,14H2,1H3. The highest BCUT2D eigenvalue weighted by atomic mass is 19.1. The van der Waals surface area contributed by atoms with Gasteiger partial charge < -0.3 is 10.5 Å². The molecule has 2 atom stereocenters. The van der Waals surface area contributed by atoms with E-state index in [1.807, 2.05) is 0 Å². The first kappa shape index (κ1) is 10.3. The highest BCUT2D eigenvalue weighted by Gasteiger charge is 2.55. The average molecular weight is 207 g/mol. The second-order valence-electron chi connectivity index (χ2n) is 4.23. The normalized spacial score (nSPS) is 28.9. The van der Waals surface area contributed by atoms with Crippen LogP contribution >= 0.6 is 0 Å². The number of carbonyl (C=O) groups excluding carboxylic acids is 1. The molecule has 2 N–H and O–H groups in total. The zero-order valence-corrected chi connectivity index (χ0v) is 8.66. The second kappa shape index (κ2) is 3.42. The van der Waals surface area contributed by atoms with Crippen LogP contribution in [0, 0.1) is 18.7 Å². The number of hydrogen-bond acceptors (Lipinski definition) is 2. The van der Waals surface area contributed by atoms with Crippen molar-refractivity contribution in [2.45, 2.75) is 18.8 Å². The van der Waals surface area contributed by atoms with Crippen molar-refractivity contribution in [2.24, 2.45) is 11.7 Å². The van der Waals surface area contributed by atoms with Gasteiger partial charge in [0, 0.05) is 5.56 Å². The lowest BCUT2D eigenvalue weighted by molar-refractivity contribution is -0.110. The largest absolute Gasteiger partial charge is 0.330 e. The van der Waals surface area contributed by atoms with Gasteiger partial charge in [-0.05, 0) is 31.4 Å². The summed E-state index contributed by atoms with van der Waals surface area (Å²) in [6.45, 7) is 2.14. The van der Waals surface area contributed by atoms with Gasteiger partial charge in [-0.3, -0.25) is 0 Å². The van der Waals surface area contributed by atoms with Gasteiger partial charge in [0.1, 0.15) is 12.1 Å². The highest BCUT2D eigenvalue weighted by Crippen LogP contribution is 2.52. The Morgan fingerprint density at radius 2 is 2.40 bits per heavy atom. The topological polar surface area (TPSA) is 43.1 Å². The average Bonchev–Trinajstić information content (AvgIpc) is 2.97. The molecule has 1 fully saturated rings. The van der Waals surface area contributed by atoms with Crippen LogP contribution in [0.5, 0.6) is 0 Å². The van der Waals surface area contributed by atoms with Crippen LogP contribution in [-0.2, 0) is 10.2 Å². The van der Waals surface area contributed by atoms with Gasteiger partial charge in [-0.2, -0.15) is 0 Å². The minimum atomic E-state index is -0.648. The zero-order valence-electron chi connectivity index (χ0n) is 8.66. The number of benzene rings is 1. The summed E-state index contributed by atoms with van der Waals surface area (Å²) < 4.78 is 13.8. The van der Waals surface area contributed by atoms with Crippen molar-refractivity contribution in [1.82, 2.24) is 0 Å². The first-order chi connectivity index (χ1) is 7.15. The van der Waals surface area contributed by atoms with Crippen LogP contribution in [-0.4, -0.2) is 12.8 Å². The van der Waals surface area contributed by atoms with Crippen molar-refractivity contribution < 1.29 is 9.18 Å². The molecule has 1 saturated carbocycles. The van der Waals surface area contributed by atoms with Gasteiger partial charge in [0.25, 0.3) is 0 Å². The fourth-order valence-corrected chi connectivity index (χ4v) is 2.19. The van der Waals surface area contributed by atoms with Crippen molar-refractivity contribution >= 4 is 6.29 Å². The highest BCUT2D eigenvalue weighted by molar-refractivity contribution is 5.74. The van der Waals surface area contributed by atoms with Gasteiger partial charge in [0.2, 0.25) is 0 Å². The van der Waals surface area contributed by atoms with Crippen molar-refractivity contribution in [2.75, 3.05) is 6.54 Å². The number of aryl methyl sites for hydroxylation is 1. The number of carbonyl (C=O) groups is 1. The molecule has 0 aliphatic heterocycles. The predicted molar refractivity (Wildman–Crippen MR) is 56.0 cm³/mol. The summed E-state index contributed by atoms with van der Waals surface area (Å²) in [5.41, 5.74) is 5.97. The van der Waals surface area contributed by atoms with Gasteiger partial charge in [0.05, 0.1) is 5.41 Å². The molecule has 2 unspecified atom stereocenters. The molecule has 1 aromatic rings. The smallest absolute Gasteiger partial charge is 0.130 e. The van der Waals surface area contributed by atoms with Gasteiger partial charge in [-0.1, -0.05) is 18.2 Å². The molecular weight excluding hydrogens is 193 g/mol. The van der Waals surface area contributed by atoms with E-state index in [4.69, 9.17) is 5.73 Å². The van der Waals surface area contributed by atoms with Gasteiger partial charge in [0.15, 0.2) is 0 Å². The Morgan fingerprint density at radius 1 is 1.67 bits per heavy atom. The van der Waals surface area contributed by atoms with Gasteiger partial charge in [-0.25, -0.2) is 4.39 Å². The maximum Gasteiger partial charge on any atom is 0.130 e.